The van der Waals surface area contributed by atoms with Crippen LogP contribution < -0.4 is 4.72 Å². The zero-order chi connectivity index (χ0) is 12.4. The molecule has 0 bridgehead atoms. The molecule has 1 saturated heterocycles. The highest BCUT2D eigenvalue weighted by atomic mass is 32.2. The van der Waals surface area contributed by atoms with Crippen molar-refractivity contribution in [3.05, 3.63) is 0 Å². The molecule has 96 valence electrons. The number of rotatable bonds is 5. The van der Waals surface area contributed by atoms with Gasteiger partial charge in [0.15, 0.2) is 9.84 Å². The van der Waals surface area contributed by atoms with E-state index in [2.05, 4.69) is 4.72 Å². The van der Waals surface area contributed by atoms with E-state index in [1.165, 1.54) is 0 Å². The molecule has 1 rings (SSSR count). The molecule has 6 nitrogen and oxygen atoms in total. The van der Waals surface area contributed by atoms with E-state index in [1.54, 1.807) is 6.92 Å². The van der Waals surface area contributed by atoms with Gasteiger partial charge in [-0.1, -0.05) is 0 Å². The molecule has 0 aromatic heterocycles. The molecule has 0 radical (unpaired) electrons. The Kier molecular flexibility index (Phi) is 3.99. The fourth-order valence-corrected chi connectivity index (χ4v) is 5.49. The number of aliphatic hydroxyl groups is 1. The van der Waals surface area contributed by atoms with Crippen LogP contribution in [0.15, 0.2) is 0 Å². The lowest BCUT2D eigenvalue weighted by molar-refractivity contribution is 0.295. The van der Waals surface area contributed by atoms with Crippen molar-refractivity contribution in [1.82, 2.24) is 4.72 Å². The first-order chi connectivity index (χ1) is 7.18. The van der Waals surface area contributed by atoms with Gasteiger partial charge in [0.25, 0.3) is 0 Å². The zero-order valence-electron chi connectivity index (χ0n) is 9.14. The molecule has 1 unspecified atom stereocenters. The van der Waals surface area contributed by atoms with Gasteiger partial charge in [-0.25, -0.2) is 21.6 Å². The van der Waals surface area contributed by atoms with Crippen LogP contribution in [0.1, 0.15) is 19.8 Å². The molecule has 0 aliphatic carbocycles. The monoisotopic (exact) mass is 271 g/mol. The maximum atomic E-state index is 11.5. The van der Waals surface area contributed by atoms with Crippen molar-refractivity contribution in [3.8, 4) is 0 Å². The third kappa shape index (κ3) is 4.00. The molecular weight excluding hydrogens is 254 g/mol. The summed E-state index contributed by atoms with van der Waals surface area (Å²) in [6, 6.07) is 0. The summed E-state index contributed by atoms with van der Waals surface area (Å²) >= 11 is 0. The third-order valence-electron chi connectivity index (χ3n) is 2.48. The Bertz CT molecular complexity index is 441. The zero-order valence-corrected chi connectivity index (χ0v) is 10.8. The summed E-state index contributed by atoms with van der Waals surface area (Å²) in [7, 11) is -6.63. The first kappa shape index (κ1) is 13.9. The lowest BCUT2D eigenvalue weighted by Crippen LogP contribution is -2.47. The largest absolute Gasteiger partial charge is 0.396 e. The van der Waals surface area contributed by atoms with Gasteiger partial charge in [0.05, 0.1) is 17.3 Å². The lowest BCUT2D eigenvalue weighted by atomic mass is 10.0. The third-order valence-corrected chi connectivity index (χ3v) is 6.01. The number of aliphatic hydroxyl groups excluding tert-OH is 1. The molecule has 1 heterocycles. The van der Waals surface area contributed by atoms with Gasteiger partial charge in [-0.3, -0.25) is 0 Å². The van der Waals surface area contributed by atoms with Crippen molar-refractivity contribution >= 4 is 19.9 Å². The van der Waals surface area contributed by atoms with Crippen LogP contribution in [0.4, 0.5) is 0 Å². The summed E-state index contributed by atoms with van der Waals surface area (Å²) in [5, 5.41) is 8.55. The van der Waals surface area contributed by atoms with Gasteiger partial charge < -0.3 is 5.11 Å². The van der Waals surface area contributed by atoms with Gasteiger partial charge in [0.2, 0.25) is 10.0 Å². The quantitative estimate of drug-likeness (QED) is 0.658. The van der Waals surface area contributed by atoms with E-state index < -0.39 is 25.4 Å². The van der Waals surface area contributed by atoms with Crippen molar-refractivity contribution in [2.24, 2.45) is 0 Å². The summed E-state index contributed by atoms with van der Waals surface area (Å²) < 4.78 is 48.0. The topological polar surface area (TPSA) is 101 Å². The van der Waals surface area contributed by atoms with E-state index in [-0.39, 0.29) is 30.3 Å². The molecule has 1 atom stereocenters. The molecule has 2 N–H and O–H groups in total. The average molecular weight is 271 g/mol. The first-order valence-electron chi connectivity index (χ1n) is 5.01. The van der Waals surface area contributed by atoms with Gasteiger partial charge in [0.1, 0.15) is 0 Å². The summed E-state index contributed by atoms with van der Waals surface area (Å²) in [6.45, 7) is 1.39. The van der Waals surface area contributed by atoms with Crippen LogP contribution in [0.25, 0.3) is 0 Å². The normalized spacial score (nSPS) is 29.4. The highest BCUT2D eigenvalue weighted by Crippen LogP contribution is 2.23. The second-order valence-corrected chi connectivity index (χ2v) is 8.43. The Morgan fingerprint density at radius 2 is 2.06 bits per heavy atom. The minimum Gasteiger partial charge on any atom is -0.396 e. The highest BCUT2D eigenvalue weighted by Gasteiger charge is 2.40. The van der Waals surface area contributed by atoms with Crippen LogP contribution in [-0.4, -0.2) is 51.3 Å². The van der Waals surface area contributed by atoms with Crippen molar-refractivity contribution in [2.75, 3.05) is 23.9 Å². The number of hydrogen-bond acceptors (Lipinski definition) is 5. The first-order valence-corrected chi connectivity index (χ1v) is 8.48. The molecule has 0 saturated carbocycles. The lowest BCUT2D eigenvalue weighted by Gasteiger charge is -2.23. The summed E-state index contributed by atoms with van der Waals surface area (Å²) in [4.78, 5) is 0. The van der Waals surface area contributed by atoms with E-state index in [1.807, 2.05) is 0 Å². The SMILES string of the molecule is CC1(NS(=O)(=O)CCCO)CCS(=O)(=O)C1. The van der Waals surface area contributed by atoms with E-state index in [0.717, 1.165) is 0 Å². The molecule has 0 amide bonds. The van der Waals surface area contributed by atoms with Crippen molar-refractivity contribution in [3.63, 3.8) is 0 Å². The van der Waals surface area contributed by atoms with Crippen LogP contribution >= 0.6 is 0 Å². The molecule has 0 aromatic carbocycles. The van der Waals surface area contributed by atoms with Crippen LogP contribution in [-0.2, 0) is 19.9 Å². The second-order valence-electron chi connectivity index (χ2n) is 4.40. The number of sulfone groups is 1. The van der Waals surface area contributed by atoms with Gasteiger partial charge in [0, 0.05) is 12.1 Å². The maximum Gasteiger partial charge on any atom is 0.212 e. The van der Waals surface area contributed by atoms with Crippen LogP contribution in [0.2, 0.25) is 0 Å². The number of hydrogen-bond donors (Lipinski definition) is 2. The molecule has 0 spiro atoms. The van der Waals surface area contributed by atoms with E-state index >= 15 is 0 Å². The van der Waals surface area contributed by atoms with E-state index in [9.17, 15) is 16.8 Å². The number of nitrogens with one attached hydrogen (secondary N) is 1. The van der Waals surface area contributed by atoms with Crippen molar-refractivity contribution < 1.29 is 21.9 Å². The Labute approximate surface area is 96.0 Å². The Hall–Kier alpha value is -0.180. The molecule has 1 fully saturated rings. The Morgan fingerprint density at radius 1 is 1.44 bits per heavy atom. The van der Waals surface area contributed by atoms with E-state index in [4.69, 9.17) is 5.11 Å². The van der Waals surface area contributed by atoms with Crippen LogP contribution in [0, 0.1) is 0 Å². The van der Waals surface area contributed by atoms with Gasteiger partial charge in [-0.05, 0) is 19.8 Å². The minimum atomic E-state index is -3.51. The van der Waals surface area contributed by atoms with Gasteiger partial charge >= 0.3 is 0 Å². The standard InChI is InChI=1S/C8H17NO5S2/c1-8(3-6-15(11,12)7-8)9-16(13,14)5-2-4-10/h9-10H,2-7H2,1H3. The molecule has 16 heavy (non-hydrogen) atoms. The Balaban J connectivity index is 2.68. The van der Waals surface area contributed by atoms with E-state index in [0.29, 0.717) is 6.42 Å². The predicted molar refractivity (Wildman–Crippen MR) is 60.3 cm³/mol. The smallest absolute Gasteiger partial charge is 0.212 e. The fraction of sp³-hybridized carbons (Fsp3) is 1.00. The second kappa shape index (κ2) is 4.59. The maximum absolute atomic E-state index is 11.5. The minimum absolute atomic E-state index is 0.0199. The average Bonchev–Trinajstić information content (AvgIpc) is 2.36. The molecule has 0 aromatic rings. The number of sulfonamides is 1. The highest BCUT2D eigenvalue weighted by molar-refractivity contribution is 7.92. The molecular formula is C8H17NO5S2. The summed E-state index contributed by atoms with van der Waals surface area (Å²) in [5.41, 5.74) is -0.896. The summed E-state index contributed by atoms with van der Waals surface area (Å²) in [5.74, 6) is -0.316. The van der Waals surface area contributed by atoms with Crippen LogP contribution in [0.3, 0.4) is 0 Å². The van der Waals surface area contributed by atoms with Gasteiger partial charge in [-0.15, -0.1) is 0 Å². The van der Waals surface area contributed by atoms with Crippen LogP contribution in [0.5, 0.6) is 0 Å². The summed E-state index contributed by atoms with van der Waals surface area (Å²) in [6.07, 6.45) is 0.450. The predicted octanol–water partition coefficient (Wildman–Crippen LogP) is -1.13. The van der Waals surface area contributed by atoms with Crippen molar-refractivity contribution in [2.45, 2.75) is 25.3 Å². The van der Waals surface area contributed by atoms with Crippen molar-refractivity contribution in [1.29, 1.82) is 0 Å². The van der Waals surface area contributed by atoms with Gasteiger partial charge in [-0.2, -0.15) is 0 Å². The molecule has 8 heteroatoms. The Morgan fingerprint density at radius 3 is 2.50 bits per heavy atom. The molecule has 1 aliphatic heterocycles. The fourth-order valence-electron chi connectivity index (χ4n) is 1.77. The molecule has 1 aliphatic rings.